The van der Waals surface area contributed by atoms with Crippen LogP contribution in [0.25, 0.3) is 0 Å². The summed E-state index contributed by atoms with van der Waals surface area (Å²) >= 11 is 1.22. The monoisotopic (exact) mass is 377 g/mol. The van der Waals surface area contributed by atoms with Crippen molar-refractivity contribution in [3.05, 3.63) is 75.8 Å². The molecule has 0 aliphatic carbocycles. The van der Waals surface area contributed by atoms with Gasteiger partial charge in [-0.25, -0.2) is 0 Å². The number of amides is 2. The first-order chi connectivity index (χ1) is 12.9. The third kappa shape index (κ3) is 3.74. The summed E-state index contributed by atoms with van der Waals surface area (Å²) in [5.41, 5.74) is 9.18. The summed E-state index contributed by atoms with van der Waals surface area (Å²) in [5.74, 6) is -0.992. The molecule has 2 N–H and O–H groups in total. The molecule has 0 bridgehead atoms. The Bertz CT molecular complexity index is 977. The Hall–Kier alpha value is -3.04. The standard InChI is InChI=1S/C21H19N3O2S/c1-13-8-9-15(10-14(13)2)11-18-20(26)24(16-6-4-3-5-7-16)21(27-18)17(12-22)19(23)25/h3-10,18H,11H2,1-2H3,(H2,23,25)/b21-17-/t18-/m1/s1. The first-order valence-corrected chi connectivity index (χ1v) is 9.36. The zero-order valence-electron chi connectivity index (χ0n) is 15.1. The topological polar surface area (TPSA) is 87.2 Å². The summed E-state index contributed by atoms with van der Waals surface area (Å²) in [4.78, 5) is 26.3. The van der Waals surface area contributed by atoms with Gasteiger partial charge >= 0.3 is 0 Å². The maximum Gasteiger partial charge on any atom is 0.262 e. The number of carbonyl (C=O) groups is 2. The molecule has 2 aromatic carbocycles. The average Bonchev–Trinajstić information content (AvgIpc) is 2.95. The van der Waals surface area contributed by atoms with Gasteiger partial charge in [-0.15, -0.1) is 0 Å². The quantitative estimate of drug-likeness (QED) is 0.655. The summed E-state index contributed by atoms with van der Waals surface area (Å²) in [7, 11) is 0. The van der Waals surface area contributed by atoms with Crippen LogP contribution in [0.5, 0.6) is 0 Å². The fourth-order valence-corrected chi connectivity index (χ4v) is 4.27. The number of primary amides is 1. The van der Waals surface area contributed by atoms with E-state index in [1.807, 2.05) is 38.1 Å². The number of nitriles is 1. The predicted molar refractivity (Wildman–Crippen MR) is 107 cm³/mol. The number of hydrogen-bond acceptors (Lipinski definition) is 4. The van der Waals surface area contributed by atoms with Crippen LogP contribution in [0, 0.1) is 25.2 Å². The number of thioether (sulfide) groups is 1. The van der Waals surface area contributed by atoms with E-state index in [2.05, 4.69) is 6.07 Å². The highest BCUT2D eigenvalue weighted by atomic mass is 32.2. The molecule has 6 heteroatoms. The second-order valence-corrected chi connectivity index (χ2v) is 7.59. The number of rotatable bonds is 4. The normalized spacial score (nSPS) is 18.3. The number of para-hydroxylation sites is 1. The van der Waals surface area contributed by atoms with Crippen molar-refractivity contribution in [3.63, 3.8) is 0 Å². The molecule has 0 aromatic heterocycles. The van der Waals surface area contributed by atoms with Gasteiger partial charge in [-0.2, -0.15) is 5.26 Å². The van der Waals surface area contributed by atoms with Gasteiger partial charge in [-0.05, 0) is 49.1 Å². The number of aryl methyl sites for hydroxylation is 2. The fourth-order valence-electron chi connectivity index (χ4n) is 2.96. The zero-order chi connectivity index (χ0) is 19.6. The summed E-state index contributed by atoms with van der Waals surface area (Å²) in [6.07, 6.45) is 0.509. The molecule has 1 aliphatic heterocycles. The van der Waals surface area contributed by atoms with Gasteiger partial charge in [0.1, 0.15) is 16.7 Å². The largest absolute Gasteiger partial charge is 0.365 e. The molecule has 136 valence electrons. The van der Waals surface area contributed by atoms with Crippen molar-refractivity contribution < 1.29 is 9.59 Å². The predicted octanol–water partition coefficient (Wildman–Crippen LogP) is 3.22. The molecule has 1 fully saturated rings. The lowest BCUT2D eigenvalue weighted by Gasteiger charge is -2.18. The maximum absolute atomic E-state index is 13.1. The molecule has 0 unspecified atom stereocenters. The van der Waals surface area contributed by atoms with E-state index in [-0.39, 0.29) is 11.5 Å². The lowest BCUT2D eigenvalue weighted by atomic mass is 10.0. The van der Waals surface area contributed by atoms with Gasteiger partial charge < -0.3 is 5.73 Å². The van der Waals surface area contributed by atoms with Gasteiger partial charge in [-0.3, -0.25) is 14.5 Å². The lowest BCUT2D eigenvalue weighted by molar-refractivity contribution is -0.117. The van der Waals surface area contributed by atoms with E-state index in [0.717, 1.165) is 11.1 Å². The van der Waals surface area contributed by atoms with Crippen LogP contribution >= 0.6 is 11.8 Å². The highest BCUT2D eigenvalue weighted by Crippen LogP contribution is 2.41. The summed E-state index contributed by atoms with van der Waals surface area (Å²) in [6, 6.07) is 16.9. The Balaban J connectivity index is 2.01. The van der Waals surface area contributed by atoms with Gasteiger partial charge in [0.25, 0.3) is 5.91 Å². The Labute approximate surface area is 162 Å². The molecule has 1 heterocycles. The van der Waals surface area contributed by atoms with Gasteiger partial charge in [-0.1, -0.05) is 48.2 Å². The SMILES string of the molecule is Cc1ccc(C[C@H]2S/C(=C(/C#N)C(N)=O)N(c3ccccc3)C2=O)cc1C. The number of benzene rings is 2. The van der Waals surface area contributed by atoms with Crippen molar-refractivity contribution >= 4 is 29.3 Å². The van der Waals surface area contributed by atoms with Gasteiger partial charge in [0.15, 0.2) is 0 Å². The summed E-state index contributed by atoms with van der Waals surface area (Å²) in [5, 5.41) is 9.27. The van der Waals surface area contributed by atoms with Crippen LogP contribution < -0.4 is 10.6 Å². The third-order valence-corrected chi connectivity index (χ3v) is 5.79. The number of hydrogen-bond donors (Lipinski definition) is 1. The Morgan fingerprint density at radius 3 is 2.48 bits per heavy atom. The van der Waals surface area contributed by atoms with Crippen molar-refractivity contribution in [2.24, 2.45) is 5.73 Å². The zero-order valence-corrected chi connectivity index (χ0v) is 15.9. The molecular weight excluding hydrogens is 358 g/mol. The molecule has 5 nitrogen and oxygen atoms in total. The van der Waals surface area contributed by atoms with Crippen LogP contribution in [0.2, 0.25) is 0 Å². The van der Waals surface area contributed by atoms with E-state index in [9.17, 15) is 14.9 Å². The third-order valence-electron chi connectivity index (χ3n) is 4.53. The van der Waals surface area contributed by atoms with E-state index >= 15 is 0 Å². The Morgan fingerprint density at radius 2 is 1.89 bits per heavy atom. The molecule has 3 rings (SSSR count). The van der Waals surface area contributed by atoms with Crippen LogP contribution in [0.1, 0.15) is 16.7 Å². The van der Waals surface area contributed by atoms with Crippen LogP contribution in [0.15, 0.2) is 59.1 Å². The molecule has 0 spiro atoms. The Kier molecular flexibility index (Phi) is 5.33. The molecule has 27 heavy (non-hydrogen) atoms. The van der Waals surface area contributed by atoms with Gasteiger partial charge in [0, 0.05) is 5.69 Å². The minimum Gasteiger partial charge on any atom is -0.365 e. The average molecular weight is 377 g/mol. The van der Waals surface area contributed by atoms with Crippen LogP contribution in [0.4, 0.5) is 5.69 Å². The van der Waals surface area contributed by atoms with Crippen molar-refractivity contribution in [1.82, 2.24) is 0 Å². The molecule has 2 aromatic rings. The minimum atomic E-state index is -0.833. The van der Waals surface area contributed by atoms with Crippen LogP contribution in [0.3, 0.4) is 0 Å². The molecule has 1 aliphatic rings. The van der Waals surface area contributed by atoms with Gasteiger partial charge in [0.2, 0.25) is 5.91 Å². The van der Waals surface area contributed by atoms with E-state index in [1.165, 1.54) is 22.2 Å². The van der Waals surface area contributed by atoms with Crippen LogP contribution in [-0.2, 0) is 16.0 Å². The number of nitrogens with zero attached hydrogens (tertiary/aromatic N) is 2. The summed E-state index contributed by atoms with van der Waals surface area (Å²) in [6.45, 7) is 4.07. The van der Waals surface area contributed by atoms with Crippen molar-refractivity contribution in [2.45, 2.75) is 25.5 Å². The highest BCUT2D eigenvalue weighted by Gasteiger charge is 2.40. The second kappa shape index (κ2) is 7.68. The number of anilines is 1. The molecule has 1 saturated heterocycles. The molecule has 1 atom stereocenters. The van der Waals surface area contributed by atoms with E-state index < -0.39 is 11.2 Å². The van der Waals surface area contributed by atoms with Crippen molar-refractivity contribution in [2.75, 3.05) is 4.90 Å². The van der Waals surface area contributed by atoms with Crippen LogP contribution in [-0.4, -0.2) is 17.1 Å². The lowest BCUT2D eigenvalue weighted by Crippen LogP contribution is -2.31. The Morgan fingerprint density at radius 1 is 1.19 bits per heavy atom. The van der Waals surface area contributed by atoms with E-state index in [1.54, 1.807) is 24.3 Å². The van der Waals surface area contributed by atoms with E-state index in [4.69, 9.17) is 5.73 Å². The number of nitrogens with two attached hydrogens (primary N) is 1. The van der Waals surface area contributed by atoms with Gasteiger partial charge in [0.05, 0.1) is 5.25 Å². The highest BCUT2D eigenvalue weighted by molar-refractivity contribution is 8.05. The molecule has 0 radical (unpaired) electrons. The second-order valence-electron chi connectivity index (χ2n) is 6.39. The minimum absolute atomic E-state index is 0.159. The van der Waals surface area contributed by atoms with Crippen molar-refractivity contribution in [3.8, 4) is 6.07 Å². The molecule has 0 saturated carbocycles. The first kappa shape index (κ1) is 18.7. The maximum atomic E-state index is 13.1. The number of carbonyl (C=O) groups excluding carboxylic acids is 2. The smallest absolute Gasteiger partial charge is 0.262 e. The fraction of sp³-hybridized carbons (Fsp3) is 0.190. The van der Waals surface area contributed by atoms with Crippen molar-refractivity contribution in [1.29, 1.82) is 5.26 Å². The molecule has 2 amide bonds. The molecular formula is C21H19N3O2S. The summed E-state index contributed by atoms with van der Waals surface area (Å²) < 4.78 is 0. The van der Waals surface area contributed by atoms with E-state index in [0.29, 0.717) is 17.1 Å². The first-order valence-electron chi connectivity index (χ1n) is 8.48.